The normalized spacial score (nSPS) is 30.3. The van der Waals surface area contributed by atoms with Crippen molar-refractivity contribution < 1.29 is 34.3 Å². The van der Waals surface area contributed by atoms with Crippen molar-refractivity contribution in [3.05, 3.63) is 0 Å². The number of ether oxygens (including phenoxy) is 3. The molecule has 7 heteroatoms. The fourth-order valence-electron chi connectivity index (χ4n) is 2.72. The first-order valence-electron chi connectivity index (χ1n) is 8.89. The first-order chi connectivity index (χ1) is 11.5. The van der Waals surface area contributed by atoms with E-state index in [4.69, 9.17) is 14.2 Å². The monoisotopic (exact) mass is 348 g/mol. The van der Waals surface area contributed by atoms with Crippen LogP contribution >= 0.6 is 0 Å². The van der Waals surface area contributed by atoms with Crippen LogP contribution in [0.4, 0.5) is 0 Å². The lowest BCUT2D eigenvalue weighted by Gasteiger charge is -2.39. The fraction of sp³-hybridized carbons (Fsp3) is 0.941. The molecule has 1 aliphatic rings. The molecule has 142 valence electrons. The highest BCUT2D eigenvalue weighted by Crippen LogP contribution is 2.22. The van der Waals surface area contributed by atoms with Crippen LogP contribution < -0.4 is 0 Å². The Balaban J connectivity index is 2.19. The first-order valence-corrected chi connectivity index (χ1v) is 8.89. The molecule has 0 aliphatic carbocycles. The average molecular weight is 348 g/mol. The van der Waals surface area contributed by atoms with Gasteiger partial charge in [0.15, 0.2) is 6.29 Å². The number of hydrogen-bond donors (Lipinski definition) is 3. The topological polar surface area (TPSA) is 105 Å². The summed E-state index contributed by atoms with van der Waals surface area (Å²) in [6, 6.07) is 0. The summed E-state index contributed by atoms with van der Waals surface area (Å²) in [5, 5.41) is 29.3. The number of aliphatic hydroxyl groups is 3. The highest BCUT2D eigenvalue weighted by molar-refractivity contribution is 5.69. The number of carbonyl (C=O) groups is 1. The minimum Gasteiger partial charge on any atom is -0.463 e. The summed E-state index contributed by atoms with van der Waals surface area (Å²) in [6.45, 7) is 2.00. The van der Waals surface area contributed by atoms with Gasteiger partial charge >= 0.3 is 5.97 Å². The zero-order valence-electron chi connectivity index (χ0n) is 14.7. The van der Waals surface area contributed by atoms with Crippen LogP contribution in [0.1, 0.15) is 58.3 Å². The molecule has 0 aromatic rings. The van der Waals surface area contributed by atoms with Gasteiger partial charge in [0.2, 0.25) is 0 Å². The summed E-state index contributed by atoms with van der Waals surface area (Å²) < 4.78 is 15.3. The van der Waals surface area contributed by atoms with Crippen molar-refractivity contribution in [3.8, 4) is 0 Å². The van der Waals surface area contributed by atoms with Gasteiger partial charge < -0.3 is 29.5 Å². The third-order valence-corrected chi connectivity index (χ3v) is 4.29. The van der Waals surface area contributed by atoms with Crippen molar-refractivity contribution in [1.82, 2.24) is 0 Å². The van der Waals surface area contributed by atoms with Gasteiger partial charge in [-0.15, -0.1) is 0 Å². The molecule has 0 aromatic heterocycles. The Morgan fingerprint density at radius 3 is 2.21 bits per heavy atom. The van der Waals surface area contributed by atoms with Gasteiger partial charge in [0.05, 0.1) is 0 Å². The van der Waals surface area contributed by atoms with E-state index < -0.39 is 30.7 Å². The Labute approximate surface area is 143 Å². The van der Waals surface area contributed by atoms with Crippen molar-refractivity contribution in [2.75, 3.05) is 13.7 Å². The van der Waals surface area contributed by atoms with Crippen molar-refractivity contribution in [1.29, 1.82) is 0 Å². The minimum absolute atomic E-state index is 0.180. The molecule has 1 fully saturated rings. The predicted octanol–water partition coefficient (Wildman–Crippen LogP) is 1.12. The molecule has 0 radical (unpaired) electrons. The number of hydrogen-bond acceptors (Lipinski definition) is 7. The second kappa shape index (κ2) is 11.8. The third-order valence-electron chi connectivity index (χ3n) is 4.29. The van der Waals surface area contributed by atoms with Gasteiger partial charge in [-0.2, -0.15) is 0 Å². The molecule has 1 rings (SSSR count). The maximum Gasteiger partial charge on any atom is 0.305 e. The van der Waals surface area contributed by atoms with Gasteiger partial charge in [0, 0.05) is 13.5 Å². The standard InChI is InChI=1S/C17H32O7/c1-3-4-5-6-7-8-9-10-13(18)23-11-12-14(19)15(20)16(21)17(22-2)24-12/h12,14-17,19-21H,3-11H2,1-2H3/t12-,14-,15+,16+,17+/m1/s1. The zero-order chi connectivity index (χ0) is 17.9. The van der Waals surface area contributed by atoms with Gasteiger partial charge in [-0.05, 0) is 6.42 Å². The molecule has 24 heavy (non-hydrogen) atoms. The van der Waals surface area contributed by atoms with Crippen LogP contribution in [0, 0.1) is 0 Å². The Morgan fingerprint density at radius 1 is 0.958 bits per heavy atom. The van der Waals surface area contributed by atoms with Gasteiger partial charge in [0.25, 0.3) is 0 Å². The van der Waals surface area contributed by atoms with E-state index in [0.717, 1.165) is 19.3 Å². The second-order valence-electron chi connectivity index (χ2n) is 6.30. The van der Waals surface area contributed by atoms with Gasteiger partial charge in [0.1, 0.15) is 31.0 Å². The minimum atomic E-state index is -1.41. The Kier molecular flexibility index (Phi) is 10.4. The lowest BCUT2D eigenvalue weighted by atomic mass is 9.99. The van der Waals surface area contributed by atoms with Crippen LogP contribution in [0.2, 0.25) is 0 Å². The molecule has 0 unspecified atom stereocenters. The number of esters is 1. The number of unbranched alkanes of at least 4 members (excludes halogenated alkanes) is 6. The Hall–Kier alpha value is -0.730. The van der Waals surface area contributed by atoms with E-state index in [0.29, 0.717) is 6.42 Å². The molecule has 1 heterocycles. The summed E-state index contributed by atoms with van der Waals surface area (Å²) in [6.07, 6.45) is 2.08. The lowest BCUT2D eigenvalue weighted by Crippen LogP contribution is -2.59. The molecule has 0 amide bonds. The molecule has 0 aromatic carbocycles. The predicted molar refractivity (Wildman–Crippen MR) is 87.3 cm³/mol. The molecule has 5 atom stereocenters. The van der Waals surface area contributed by atoms with E-state index in [1.165, 1.54) is 32.8 Å². The second-order valence-corrected chi connectivity index (χ2v) is 6.30. The molecular weight excluding hydrogens is 316 g/mol. The average Bonchev–Trinajstić information content (AvgIpc) is 2.58. The molecule has 1 saturated heterocycles. The van der Waals surface area contributed by atoms with Crippen molar-refractivity contribution >= 4 is 5.97 Å². The van der Waals surface area contributed by atoms with Crippen LogP contribution in [0.5, 0.6) is 0 Å². The summed E-state index contributed by atoms with van der Waals surface area (Å²) in [5.74, 6) is -0.353. The van der Waals surface area contributed by atoms with Gasteiger partial charge in [-0.3, -0.25) is 4.79 Å². The highest BCUT2D eigenvalue weighted by Gasteiger charge is 2.44. The summed E-state index contributed by atoms with van der Waals surface area (Å²) in [7, 11) is 1.32. The van der Waals surface area contributed by atoms with Crippen molar-refractivity contribution in [2.45, 2.75) is 89.0 Å². The SMILES string of the molecule is CCCCCCCCCC(=O)OC[C@H]1O[C@H](OC)[C@@H](O)[C@@H](O)[C@@H]1O. The molecule has 0 spiro atoms. The maximum absolute atomic E-state index is 11.7. The van der Waals surface area contributed by atoms with Gasteiger partial charge in [-0.1, -0.05) is 45.4 Å². The highest BCUT2D eigenvalue weighted by atomic mass is 16.7. The van der Waals surface area contributed by atoms with E-state index in [9.17, 15) is 20.1 Å². The zero-order valence-corrected chi connectivity index (χ0v) is 14.7. The van der Waals surface area contributed by atoms with Crippen molar-refractivity contribution in [2.24, 2.45) is 0 Å². The molecule has 0 bridgehead atoms. The van der Waals surface area contributed by atoms with Gasteiger partial charge in [-0.25, -0.2) is 0 Å². The van der Waals surface area contributed by atoms with E-state index >= 15 is 0 Å². The quantitative estimate of drug-likeness (QED) is 0.379. The van der Waals surface area contributed by atoms with Crippen LogP contribution in [-0.4, -0.2) is 65.7 Å². The fourth-order valence-corrected chi connectivity index (χ4v) is 2.72. The number of methoxy groups -OCH3 is 1. The van der Waals surface area contributed by atoms with Crippen LogP contribution in [0.15, 0.2) is 0 Å². The number of aliphatic hydroxyl groups excluding tert-OH is 3. The van der Waals surface area contributed by atoms with Crippen LogP contribution in [-0.2, 0) is 19.0 Å². The largest absolute Gasteiger partial charge is 0.463 e. The number of rotatable bonds is 11. The van der Waals surface area contributed by atoms with Crippen molar-refractivity contribution in [3.63, 3.8) is 0 Å². The number of carbonyl (C=O) groups excluding carboxylic acids is 1. The maximum atomic E-state index is 11.7. The summed E-state index contributed by atoms with van der Waals surface area (Å²) in [5.41, 5.74) is 0. The molecular formula is C17H32O7. The Morgan fingerprint density at radius 2 is 1.58 bits per heavy atom. The van der Waals surface area contributed by atoms with Crippen LogP contribution in [0.3, 0.4) is 0 Å². The lowest BCUT2D eigenvalue weighted by molar-refractivity contribution is -0.295. The molecule has 7 nitrogen and oxygen atoms in total. The van der Waals surface area contributed by atoms with Crippen LogP contribution in [0.25, 0.3) is 0 Å². The van der Waals surface area contributed by atoms with E-state index in [1.54, 1.807) is 0 Å². The summed E-state index contributed by atoms with van der Waals surface area (Å²) >= 11 is 0. The van der Waals surface area contributed by atoms with E-state index in [2.05, 4.69) is 6.92 Å². The molecule has 0 saturated carbocycles. The summed E-state index contributed by atoms with van der Waals surface area (Å²) in [4.78, 5) is 11.7. The Bertz CT molecular complexity index is 348. The van der Waals surface area contributed by atoms with E-state index in [1.807, 2.05) is 0 Å². The van der Waals surface area contributed by atoms with E-state index in [-0.39, 0.29) is 12.6 Å². The molecule has 3 N–H and O–H groups in total. The molecule has 1 aliphatic heterocycles. The first kappa shape index (κ1) is 21.3. The smallest absolute Gasteiger partial charge is 0.305 e. The third kappa shape index (κ3) is 7.03.